The van der Waals surface area contributed by atoms with E-state index in [1.54, 1.807) is 31.2 Å². The molecule has 0 aliphatic heterocycles. The van der Waals surface area contributed by atoms with E-state index in [0.717, 1.165) is 11.6 Å². The quantitative estimate of drug-likeness (QED) is 0.843. The first-order valence-electron chi connectivity index (χ1n) is 6.22. The molecule has 1 aromatic heterocycles. The molecule has 1 heterocycles. The maximum Gasteiger partial charge on any atom is 0.328 e. The van der Waals surface area contributed by atoms with Gasteiger partial charge < -0.3 is 14.9 Å². The molecule has 2 aromatic rings. The van der Waals surface area contributed by atoms with Crippen LogP contribution in [-0.2, 0) is 4.79 Å². The summed E-state index contributed by atoms with van der Waals surface area (Å²) < 4.78 is 4.85. The number of carbonyl (C=O) groups excluding carboxylic acids is 1. The van der Waals surface area contributed by atoms with E-state index in [1.165, 1.54) is 6.08 Å². The molecule has 0 radical (unpaired) electrons. The lowest BCUT2D eigenvalue weighted by atomic mass is 10.1. The lowest BCUT2D eigenvalue weighted by Gasteiger charge is -2.08. The van der Waals surface area contributed by atoms with Gasteiger partial charge in [0.05, 0.1) is 0 Å². The van der Waals surface area contributed by atoms with Crippen molar-refractivity contribution in [2.24, 2.45) is 0 Å². The van der Waals surface area contributed by atoms with E-state index in [-0.39, 0.29) is 11.6 Å². The maximum atomic E-state index is 12.0. The summed E-state index contributed by atoms with van der Waals surface area (Å²) in [7, 11) is 0. The van der Waals surface area contributed by atoms with Crippen LogP contribution < -0.4 is 5.32 Å². The maximum absolute atomic E-state index is 12.0. The van der Waals surface area contributed by atoms with Gasteiger partial charge in [-0.2, -0.15) is 0 Å². The van der Waals surface area contributed by atoms with Gasteiger partial charge in [0.25, 0.3) is 5.91 Å². The van der Waals surface area contributed by atoms with Crippen molar-refractivity contribution >= 4 is 23.6 Å². The molecule has 0 saturated heterocycles. The topological polar surface area (TPSA) is 92.4 Å². The minimum absolute atomic E-state index is 0.193. The Kier molecular flexibility index (Phi) is 4.18. The summed E-state index contributed by atoms with van der Waals surface area (Å²) in [6.45, 7) is 3.54. The molecular weight excluding hydrogens is 272 g/mol. The van der Waals surface area contributed by atoms with Crippen LogP contribution >= 0.6 is 0 Å². The Morgan fingerprint density at radius 3 is 2.67 bits per heavy atom. The van der Waals surface area contributed by atoms with Gasteiger partial charge in [0.1, 0.15) is 5.76 Å². The van der Waals surface area contributed by atoms with Crippen LogP contribution in [0.25, 0.3) is 6.08 Å². The number of carboxylic acid groups (broad SMARTS) is 1. The number of nitrogens with zero attached hydrogens (tertiary/aromatic N) is 1. The lowest BCUT2D eigenvalue weighted by Crippen LogP contribution is -2.13. The van der Waals surface area contributed by atoms with E-state index >= 15 is 0 Å². The molecule has 108 valence electrons. The highest BCUT2D eigenvalue weighted by Gasteiger charge is 2.12. The van der Waals surface area contributed by atoms with Gasteiger partial charge >= 0.3 is 5.97 Å². The molecule has 6 heteroatoms. The van der Waals surface area contributed by atoms with E-state index < -0.39 is 5.97 Å². The Bertz CT molecular complexity index is 716. The number of carbonyl (C=O) groups is 2. The Hall–Kier alpha value is -2.89. The fraction of sp³-hybridized carbons (Fsp3) is 0.133. The predicted octanol–water partition coefficient (Wildman–Crippen LogP) is 2.64. The summed E-state index contributed by atoms with van der Waals surface area (Å²) in [6.07, 6.45) is 2.49. The van der Waals surface area contributed by atoms with Crippen molar-refractivity contribution in [2.45, 2.75) is 13.8 Å². The van der Waals surface area contributed by atoms with Gasteiger partial charge in [-0.15, -0.1) is 0 Å². The standard InChI is InChI=1S/C15H14N2O4/c1-9-3-4-11(5-6-14(18)19)8-12(9)16-15(20)13-7-10(2)21-17-13/h3-8H,1-2H3,(H,16,20)(H,18,19). The smallest absolute Gasteiger partial charge is 0.328 e. The minimum atomic E-state index is -1.03. The molecule has 0 unspecified atom stereocenters. The van der Waals surface area contributed by atoms with Crippen molar-refractivity contribution in [2.75, 3.05) is 5.32 Å². The molecule has 2 N–H and O–H groups in total. The van der Waals surface area contributed by atoms with E-state index in [9.17, 15) is 9.59 Å². The van der Waals surface area contributed by atoms with Crippen molar-refractivity contribution in [1.29, 1.82) is 0 Å². The summed E-state index contributed by atoms with van der Waals surface area (Å²) in [5, 5.41) is 15.0. The van der Waals surface area contributed by atoms with Crippen LogP contribution in [0, 0.1) is 13.8 Å². The summed E-state index contributed by atoms with van der Waals surface area (Å²) in [6, 6.07) is 6.80. The van der Waals surface area contributed by atoms with Gasteiger partial charge in [-0.3, -0.25) is 4.79 Å². The van der Waals surface area contributed by atoms with Crippen LogP contribution in [-0.4, -0.2) is 22.1 Å². The van der Waals surface area contributed by atoms with Crippen LogP contribution in [0.4, 0.5) is 5.69 Å². The minimum Gasteiger partial charge on any atom is -0.478 e. The number of aryl methyl sites for hydroxylation is 2. The van der Waals surface area contributed by atoms with Crippen molar-refractivity contribution in [3.05, 3.63) is 52.9 Å². The number of amides is 1. The third-order valence-corrected chi connectivity index (χ3v) is 2.79. The second-order valence-electron chi connectivity index (χ2n) is 4.52. The molecule has 6 nitrogen and oxygen atoms in total. The Morgan fingerprint density at radius 1 is 1.29 bits per heavy atom. The Morgan fingerprint density at radius 2 is 2.05 bits per heavy atom. The first-order valence-corrected chi connectivity index (χ1v) is 6.22. The predicted molar refractivity (Wildman–Crippen MR) is 77.0 cm³/mol. The number of hydrogen-bond acceptors (Lipinski definition) is 4. The summed E-state index contributed by atoms with van der Waals surface area (Å²) in [4.78, 5) is 22.5. The fourth-order valence-corrected chi connectivity index (χ4v) is 1.71. The van der Waals surface area contributed by atoms with E-state index in [0.29, 0.717) is 17.0 Å². The average Bonchev–Trinajstić information content (AvgIpc) is 2.86. The van der Waals surface area contributed by atoms with Gasteiger partial charge in [0.15, 0.2) is 5.69 Å². The fourth-order valence-electron chi connectivity index (χ4n) is 1.71. The number of nitrogens with one attached hydrogen (secondary N) is 1. The van der Waals surface area contributed by atoms with Crippen LogP contribution in [0.1, 0.15) is 27.4 Å². The number of hydrogen-bond donors (Lipinski definition) is 2. The van der Waals surface area contributed by atoms with E-state index in [1.807, 2.05) is 6.92 Å². The van der Waals surface area contributed by atoms with Crippen LogP contribution in [0.15, 0.2) is 34.9 Å². The molecule has 1 aromatic carbocycles. The molecule has 0 fully saturated rings. The molecule has 0 spiro atoms. The molecule has 0 bridgehead atoms. The molecule has 21 heavy (non-hydrogen) atoms. The van der Waals surface area contributed by atoms with E-state index in [4.69, 9.17) is 9.63 Å². The highest BCUT2D eigenvalue weighted by molar-refractivity contribution is 6.03. The third kappa shape index (κ3) is 3.79. The first-order chi connectivity index (χ1) is 9.95. The zero-order chi connectivity index (χ0) is 15.4. The number of aliphatic carboxylic acids is 1. The SMILES string of the molecule is Cc1cc(C(=O)Nc2cc(C=CC(=O)O)ccc2C)no1. The molecule has 2 rings (SSSR count). The third-order valence-electron chi connectivity index (χ3n) is 2.79. The van der Waals surface area contributed by atoms with Crippen molar-refractivity contribution in [3.63, 3.8) is 0 Å². The van der Waals surface area contributed by atoms with Crippen LogP contribution in [0.5, 0.6) is 0 Å². The second kappa shape index (κ2) is 6.04. The highest BCUT2D eigenvalue weighted by Crippen LogP contribution is 2.19. The van der Waals surface area contributed by atoms with Gasteiger partial charge in [-0.1, -0.05) is 17.3 Å². The monoisotopic (exact) mass is 286 g/mol. The number of aromatic nitrogens is 1. The molecule has 0 aliphatic carbocycles. The number of anilines is 1. The molecule has 0 atom stereocenters. The molecule has 1 amide bonds. The second-order valence-corrected chi connectivity index (χ2v) is 4.52. The van der Waals surface area contributed by atoms with Gasteiger partial charge in [0.2, 0.25) is 0 Å². The van der Waals surface area contributed by atoms with Crippen molar-refractivity contribution in [1.82, 2.24) is 5.16 Å². The molecule has 0 aliphatic rings. The number of benzene rings is 1. The zero-order valence-electron chi connectivity index (χ0n) is 11.6. The lowest BCUT2D eigenvalue weighted by molar-refractivity contribution is -0.131. The summed E-state index contributed by atoms with van der Waals surface area (Å²) in [5.74, 6) is -0.858. The van der Waals surface area contributed by atoms with Gasteiger partial charge in [-0.05, 0) is 37.1 Å². The first kappa shape index (κ1) is 14.5. The van der Waals surface area contributed by atoms with Gasteiger partial charge in [0, 0.05) is 17.8 Å². The normalized spacial score (nSPS) is 10.8. The highest BCUT2D eigenvalue weighted by atomic mass is 16.5. The van der Waals surface area contributed by atoms with Crippen LogP contribution in [0.3, 0.4) is 0 Å². The molecular formula is C15H14N2O4. The molecule has 0 saturated carbocycles. The summed E-state index contributed by atoms with van der Waals surface area (Å²) >= 11 is 0. The average molecular weight is 286 g/mol. The van der Waals surface area contributed by atoms with Gasteiger partial charge in [-0.25, -0.2) is 4.79 Å². The zero-order valence-corrected chi connectivity index (χ0v) is 11.6. The number of rotatable bonds is 4. The van der Waals surface area contributed by atoms with E-state index in [2.05, 4.69) is 10.5 Å². The van der Waals surface area contributed by atoms with Crippen molar-refractivity contribution < 1.29 is 19.2 Å². The largest absolute Gasteiger partial charge is 0.478 e. The Labute approximate surface area is 121 Å². The van der Waals surface area contributed by atoms with Crippen LogP contribution in [0.2, 0.25) is 0 Å². The number of carboxylic acids is 1. The summed E-state index contributed by atoms with van der Waals surface area (Å²) in [5.41, 5.74) is 2.32. The Balaban J connectivity index is 2.21. The van der Waals surface area contributed by atoms with Crippen molar-refractivity contribution in [3.8, 4) is 0 Å².